The van der Waals surface area contributed by atoms with Gasteiger partial charge >= 0.3 is 6.09 Å². The smallest absolute Gasteiger partial charge is 0.408 e. The molecule has 0 bridgehead atoms. The lowest BCUT2D eigenvalue weighted by Gasteiger charge is -2.24. The molecule has 0 heterocycles. The monoisotopic (exact) mass is 366 g/mol. The summed E-state index contributed by atoms with van der Waals surface area (Å²) in [5.41, 5.74) is 1.87. The minimum absolute atomic E-state index is 0.143. The lowest BCUT2D eigenvalue weighted by molar-refractivity contribution is -0.124. The van der Waals surface area contributed by atoms with E-state index < -0.39 is 12.1 Å². The topological polar surface area (TPSA) is 67.4 Å². The molecule has 0 aliphatic heterocycles. The fraction of sp³-hybridized carbons (Fsp3) is 0.273. The second-order valence-electron chi connectivity index (χ2n) is 6.42. The number of carbonyl (C=O) groups is 2. The minimum Gasteiger partial charge on any atom is -0.445 e. The predicted octanol–water partition coefficient (Wildman–Crippen LogP) is 3.98. The van der Waals surface area contributed by atoms with Crippen LogP contribution in [0.2, 0.25) is 0 Å². The Morgan fingerprint density at radius 3 is 2.19 bits per heavy atom. The minimum atomic E-state index is -0.767. The van der Waals surface area contributed by atoms with E-state index in [9.17, 15) is 9.59 Å². The number of hydrogen-bond acceptors (Lipinski definition) is 3. The number of alkyl carbamates (subject to hydrolysis) is 1. The predicted molar refractivity (Wildman–Crippen MR) is 106 cm³/mol. The summed E-state index contributed by atoms with van der Waals surface area (Å²) in [7, 11) is 0. The largest absolute Gasteiger partial charge is 0.445 e. The molecule has 5 heteroatoms. The Bertz CT molecular complexity index is 747. The van der Waals surface area contributed by atoms with Gasteiger partial charge in [-0.25, -0.2) is 4.79 Å². The average Bonchev–Trinajstić information content (AvgIpc) is 2.71. The summed E-state index contributed by atoms with van der Waals surface area (Å²) in [5.74, 6) is -0.535. The molecule has 2 aromatic rings. The van der Waals surface area contributed by atoms with Gasteiger partial charge in [-0.3, -0.25) is 4.79 Å². The Labute approximate surface area is 160 Å². The quantitative estimate of drug-likeness (QED) is 0.695. The van der Waals surface area contributed by atoms with Crippen LogP contribution in [0.5, 0.6) is 0 Å². The van der Waals surface area contributed by atoms with E-state index in [1.165, 1.54) is 0 Å². The van der Waals surface area contributed by atoms with Gasteiger partial charge in [-0.05, 0) is 18.1 Å². The summed E-state index contributed by atoms with van der Waals surface area (Å²) in [6.07, 6.45) is 0.995. The molecule has 0 aliphatic carbocycles. The van der Waals surface area contributed by atoms with Crippen LogP contribution in [0.15, 0.2) is 73.3 Å². The standard InChI is InChI=1S/C22H26N2O3/c1-4-16(2)20(21(25)23-17(3)19-13-9-6-10-14-19)24-22(26)27-15-18-11-7-5-8-12-18/h4-14,16-17,20H,1,15H2,2-3H3,(H,23,25)(H,24,26)/t16-,17+,20-/m0/s1. The molecule has 0 saturated heterocycles. The normalized spacial score (nSPS) is 13.7. The van der Waals surface area contributed by atoms with Crippen molar-refractivity contribution in [3.05, 3.63) is 84.4 Å². The van der Waals surface area contributed by atoms with E-state index in [-0.39, 0.29) is 24.5 Å². The van der Waals surface area contributed by atoms with Crippen LogP contribution in [-0.2, 0) is 16.1 Å². The van der Waals surface area contributed by atoms with Crippen LogP contribution >= 0.6 is 0 Å². The molecule has 2 rings (SSSR count). The van der Waals surface area contributed by atoms with E-state index in [1.807, 2.05) is 74.5 Å². The maximum absolute atomic E-state index is 12.7. The van der Waals surface area contributed by atoms with Gasteiger partial charge in [-0.2, -0.15) is 0 Å². The van der Waals surface area contributed by atoms with E-state index in [0.29, 0.717) is 0 Å². The maximum atomic E-state index is 12.7. The molecule has 0 aliphatic rings. The van der Waals surface area contributed by atoms with E-state index in [4.69, 9.17) is 4.74 Å². The first-order valence-corrected chi connectivity index (χ1v) is 8.96. The van der Waals surface area contributed by atoms with Gasteiger partial charge in [0.05, 0.1) is 6.04 Å². The van der Waals surface area contributed by atoms with Gasteiger partial charge in [0.2, 0.25) is 5.91 Å². The molecule has 0 radical (unpaired) electrons. The van der Waals surface area contributed by atoms with Crippen LogP contribution in [0.4, 0.5) is 4.79 Å². The van der Waals surface area contributed by atoms with Crippen LogP contribution in [0.25, 0.3) is 0 Å². The molecule has 27 heavy (non-hydrogen) atoms. The lowest BCUT2D eigenvalue weighted by atomic mass is 10.0. The van der Waals surface area contributed by atoms with Crippen molar-refractivity contribution in [2.45, 2.75) is 32.5 Å². The van der Waals surface area contributed by atoms with Gasteiger partial charge in [-0.1, -0.05) is 73.7 Å². The number of rotatable bonds is 8. The van der Waals surface area contributed by atoms with E-state index >= 15 is 0 Å². The molecule has 2 aromatic carbocycles. The van der Waals surface area contributed by atoms with Crippen molar-refractivity contribution < 1.29 is 14.3 Å². The molecule has 2 N–H and O–H groups in total. The van der Waals surface area contributed by atoms with Crippen LogP contribution < -0.4 is 10.6 Å². The van der Waals surface area contributed by atoms with Gasteiger partial charge in [0, 0.05) is 5.92 Å². The van der Waals surface area contributed by atoms with Crippen molar-refractivity contribution in [1.29, 1.82) is 0 Å². The second kappa shape index (κ2) is 10.2. The maximum Gasteiger partial charge on any atom is 0.408 e. The molecule has 0 spiro atoms. The molecule has 3 atom stereocenters. The zero-order chi connectivity index (χ0) is 19.6. The van der Waals surface area contributed by atoms with Crippen molar-refractivity contribution in [3.63, 3.8) is 0 Å². The molecule has 142 valence electrons. The molecule has 5 nitrogen and oxygen atoms in total. The first-order chi connectivity index (χ1) is 13.0. The first-order valence-electron chi connectivity index (χ1n) is 8.96. The first kappa shape index (κ1) is 20.2. The highest BCUT2D eigenvalue weighted by Gasteiger charge is 2.27. The Hall–Kier alpha value is -3.08. The summed E-state index contributed by atoms with van der Waals surface area (Å²) >= 11 is 0. The Kier molecular flexibility index (Phi) is 7.62. The van der Waals surface area contributed by atoms with Gasteiger partial charge in [-0.15, -0.1) is 6.58 Å². The van der Waals surface area contributed by atoms with Gasteiger partial charge in [0.25, 0.3) is 0 Å². The van der Waals surface area contributed by atoms with Crippen LogP contribution in [0.3, 0.4) is 0 Å². The molecular weight excluding hydrogens is 340 g/mol. The number of hydrogen-bond donors (Lipinski definition) is 2. The number of carbonyl (C=O) groups excluding carboxylic acids is 2. The molecule has 0 aromatic heterocycles. The lowest BCUT2D eigenvalue weighted by Crippen LogP contribution is -2.50. The zero-order valence-corrected chi connectivity index (χ0v) is 15.7. The van der Waals surface area contributed by atoms with Crippen molar-refractivity contribution in [3.8, 4) is 0 Å². The van der Waals surface area contributed by atoms with Crippen molar-refractivity contribution >= 4 is 12.0 Å². The second-order valence-corrected chi connectivity index (χ2v) is 6.42. The van der Waals surface area contributed by atoms with Gasteiger partial charge < -0.3 is 15.4 Å². The molecule has 2 amide bonds. The van der Waals surface area contributed by atoms with Crippen molar-refractivity contribution in [2.75, 3.05) is 0 Å². The zero-order valence-electron chi connectivity index (χ0n) is 15.7. The molecule has 0 fully saturated rings. The summed E-state index contributed by atoms with van der Waals surface area (Å²) in [5, 5.41) is 5.58. The van der Waals surface area contributed by atoms with Gasteiger partial charge in [0.1, 0.15) is 12.6 Å². The third-order valence-electron chi connectivity index (χ3n) is 4.32. The van der Waals surface area contributed by atoms with E-state index in [2.05, 4.69) is 17.2 Å². The summed E-state index contributed by atoms with van der Waals surface area (Å²) in [4.78, 5) is 24.9. The highest BCUT2D eigenvalue weighted by Crippen LogP contribution is 2.13. The van der Waals surface area contributed by atoms with E-state index in [0.717, 1.165) is 11.1 Å². The molecule has 0 unspecified atom stereocenters. The number of nitrogens with one attached hydrogen (secondary N) is 2. The fourth-order valence-corrected chi connectivity index (χ4v) is 2.59. The van der Waals surface area contributed by atoms with Crippen LogP contribution in [0.1, 0.15) is 31.0 Å². The third kappa shape index (κ3) is 6.29. The van der Waals surface area contributed by atoms with E-state index in [1.54, 1.807) is 6.08 Å². The average molecular weight is 366 g/mol. The highest BCUT2D eigenvalue weighted by molar-refractivity contribution is 5.86. The Balaban J connectivity index is 1.96. The van der Waals surface area contributed by atoms with Crippen LogP contribution in [0, 0.1) is 5.92 Å². The summed E-state index contributed by atoms with van der Waals surface area (Å²) in [6.45, 7) is 7.59. The van der Waals surface area contributed by atoms with Crippen LogP contribution in [-0.4, -0.2) is 18.0 Å². The number of benzene rings is 2. The van der Waals surface area contributed by atoms with Gasteiger partial charge in [0.15, 0.2) is 0 Å². The number of ether oxygens (including phenoxy) is 1. The Morgan fingerprint density at radius 2 is 1.59 bits per heavy atom. The Morgan fingerprint density at radius 1 is 1.00 bits per heavy atom. The van der Waals surface area contributed by atoms with Crippen molar-refractivity contribution in [2.24, 2.45) is 5.92 Å². The molecular formula is C22H26N2O3. The number of amides is 2. The third-order valence-corrected chi connectivity index (χ3v) is 4.32. The molecule has 0 saturated carbocycles. The SMILES string of the molecule is C=C[C@H](C)[C@H](NC(=O)OCc1ccccc1)C(=O)N[C@H](C)c1ccccc1. The van der Waals surface area contributed by atoms with Crippen molar-refractivity contribution in [1.82, 2.24) is 10.6 Å². The fourth-order valence-electron chi connectivity index (χ4n) is 2.59. The summed E-state index contributed by atoms with van der Waals surface area (Å²) < 4.78 is 5.23. The highest BCUT2D eigenvalue weighted by atomic mass is 16.5. The summed E-state index contributed by atoms with van der Waals surface area (Å²) in [6, 6.07) is 18.1.